The summed E-state index contributed by atoms with van der Waals surface area (Å²) in [4.78, 5) is 0. The average molecular weight is 269 g/mol. The van der Waals surface area contributed by atoms with E-state index in [1.165, 1.54) is 0 Å². The lowest BCUT2D eigenvalue weighted by Gasteiger charge is -1.93. The fourth-order valence-electron chi connectivity index (χ4n) is 1.11. The van der Waals surface area contributed by atoms with Crippen LogP contribution in [0.15, 0.2) is 18.3 Å². The van der Waals surface area contributed by atoms with Gasteiger partial charge in [-0.1, -0.05) is 0 Å². The molecule has 0 unspecified atom stereocenters. The molecule has 1 aromatic heterocycles. The highest BCUT2D eigenvalue weighted by atomic mass is 127. The molecule has 12 heavy (non-hydrogen) atoms. The molecule has 4 heteroatoms. The molecule has 1 N–H and O–H groups in total. The minimum Gasteiger partial charge on any atom is -0.278 e. The van der Waals surface area contributed by atoms with Gasteiger partial charge in [0, 0.05) is 8.96 Å². The Morgan fingerprint density at radius 3 is 3.08 bits per heavy atom. The second-order valence-electron chi connectivity index (χ2n) is 2.40. The van der Waals surface area contributed by atoms with Crippen LogP contribution in [0.5, 0.6) is 0 Å². The zero-order valence-electron chi connectivity index (χ0n) is 6.00. The normalized spacial score (nSPS) is 10.0. The van der Waals surface area contributed by atoms with Crippen LogP contribution in [-0.2, 0) is 0 Å². The first kappa shape index (κ1) is 7.55. The van der Waals surface area contributed by atoms with Gasteiger partial charge in [0.05, 0.1) is 23.3 Å². The highest BCUT2D eigenvalue weighted by Crippen LogP contribution is 2.19. The molecule has 1 aromatic carbocycles. The number of rotatable bonds is 0. The van der Waals surface area contributed by atoms with E-state index in [1.807, 2.05) is 12.1 Å². The van der Waals surface area contributed by atoms with Gasteiger partial charge in [-0.2, -0.15) is 10.4 Å². The second-order valence-corrected chi connectivity index (χ2v) is 3.64. The third-order valence-corrected chi connectivity index (χ3v) is 2.27. The third-order valence-electron chi connectivity index (χ3n) is 1.64. The molecule has 1 heterocycles. The van der Waals surface area contributed by atoms with Crippen LogP contribution in [0.3, 0.4) is 0 Å². The van der Waals surface area contributed by atoms with Crippen molar-refractivity contribution >= 4 is 33.5 Å². The molecule has 0 radical (unpaired) electrons. The van der Waals surface area contributed by atoms with Gasteiger partial charge in [0.25, 0.3) is 0 Å². The highest BCUT2D eigenvalue weighted by molar-refractivity contribution is 14.1. The number of nitrogens with one attached hydrogen (secondary N) is 1. The number of nitriles is 1. The Labute approximate surface area is 82.5 Å². The van der Waals surface area contributed by atoms with Gasteiger partial charge >= 0.3 is 0 Å². The Hall–Kier alpha value is -1.09. The molecule has 0 bridgehead atoms. The molecule has 58 valence electrons. The maximum atomic E-state index is 8.78. The third kappa shape index (κ3) is 1.06. The van der Waals surface area contributed by atoms with Gasteiger partial charge in [0.2, 0.25) is 0 Å². The lowest BCUT2D eigenvalue weighted by molar-refractivity contribution is 1.12. The molecule has 0 saturated heterocycles. The largest absolute Gasteiger partial charge is 0.278 e. The Morgan fingerprint density at radius 1 is 1.50 bits per heavy atom. The van der Waals surface area contributed by atoms with Crippen LogP contribution in [0.1, 0.15) is 5.56 Å². The van der Waals surface area contributed by atoms with E-state index in [-0.39, 0.29) is 0 Å². The summed E-state index contributed by atoms with van der Waals surface area (Å²) in [5.41, 5.74) is 1.59. The summed E-state index contributed by atoms with van der Waals surface area (Å²) < 4.78 is 1.04. The minimum absolute atomic E-state index is 0.672. The summed E-state index contributed by atoms with van der Waals surface area (Å²) in [5, 5.41) is 16.4. The van der Waals surface area contributed by atoms with Crippen molar-refractivity contribution in [1.82, 2.24) is 10.2 Å². The lowest BCUT2D eigenvalue weighted by atomic mass is 10.1. The van der Waals surface area contributed by atoms with Crippen LogP contribution >= 0.6 is 22.6 Å². The Morgan fingerprint density at radius 2 is 2.33 bits per heavy atom. The number of hydrogen-bond donors (Lipinski definition) is 1. The van der Waals surface area contributed by atoms with Gasteiger partial charge in [0.1, 0.15) is 0 Å². The summed E-state index contributed by atoms with van der Waals surface area (Å²) >= 11 is 2.18. The van der Waals surface area contributed by atoms with E-state index in [1.54, 1.807) is 6.20 Å². The SMILES string of the molecule is N#Cc1cc(I)cc2[nH]ncc12. The number of aromatic nitrogens is 2. The molecule has 0 aliphatic rings. The van der Waals surface area contributed by atoms with E-state index in [0.717, 1.165) is 14.5 Å². The van der Waals surface area contributed by atoms with Crippen molar-refractivity contribution in [3.8, 4) is 6.07 Å². The first-order valence-corrected chi connectivity index (χ1v) is 4.42. The zero-order chi connectivity index (χ0) is 8.55. The summed E-state index contributed by atoms with van der Waals surface area (Å²) in [6.07, 6.45) is 1.67. The van der Waals surface area contributed by atoms with Gasteiger partial charge in [-0.25, -0.2) is 0 Å². The molecule has 2 rings (SSSR count). The first-order chi connectivity index (χ1) is 5.81. The average Bonchev–Trinajstić information content (AvgIpc) is 2.50. The van der Waals surface area contributed by atoms with Gasteiger partial charge < -0.3 is 0 Å². The fraction of sp³-hybridized carbons (Fsp3) is 0. The van der Waals surface area contributed by atoms with Gasteiger partial charge in [0.15, 0.2) is 0 Å². The molecule has 0 amide bonds. The van der Waals surface area contributed by atoms with Crippen molar-refractivity contribution in [2.75, 3.05) is 0 Å². The van der Waals surface area contributed by atoms with Crippen molar-refractivity contribution in [1.29, 1.82) is 5.26 Å². The standard InChI is InChI=1S/C8H4IN3/c9-6-1-5(3-10)7-4-11-12-8(7)2-6/h1-2,4H,(H,11,12). The quantitative estimate of drug-likeness (QED) is 0.744. The fourth-order valence-corrected chi connectivity index (χ4v) is 1.73. The van der Waals surface area contributed by atoms with E-state index in [2.05, 4.69) is 38.9 Å². The van der Waals surface area contributed by atoms with E-state index in [4.69, 9.17) is 5.26 Å². The van der Waals surface area contributed by atoms with Gasteiger partial charge in [-0.15, -0.1) is 0 Å². The predicted octanol–water partition coefficient (Wildman–Crippen LogP) is 2.04. The van der Waals surface area contributed by atoms with Crippen molar-refractivity contribution < 1.29 is 0 Å². The molecule has 0 atom stereocenters. The zero-order valence-corrected chi connectivity index (χ0v) is 8.16. The minimum atomic E-state index is 0.672. The number of hydrogen-bond acceptors (Lipinski definition) is 2. The van der Waals surface area contributed by atoms with Gasteiger partial charge in [-0.05, 0) is 34.7 Å². The van der Waals surface area contributed by atoms with Gasteiger partial charge in [-0.3, -0.25) is 5.10 Å². The number of aromatic amines is 1. The van der Waals surface area contributed by atoms with E-state index in [0.29, 0.717) is 5.56 Å². The molecule has 0 fully saturated rings. The number of fused-ring (bicyclic) bond motifs is 1. The highest BCUT2D eigenvalue weighted by Gasteiger charge is 2.02. The maximum Gasteiger partial charge on any atom is 0.0999 e. The second kappa shape index (κ2) is 2.75. The van der Waals surface area contributed by atoms with Crippen molar-refractivity contribution in [3.63, 3.8) is 0 Å². The van der Waals surface area contributed by atoms with E-state index in [9.17, 15) is 0 Å². The Bertz CT molecular complexity index is 467. The van der Waals surface area contributed by atoms with Crippen LogP contribution in [0, 0.1) is 14.9 Å². The molecule has 2 aromatic rings. The van der Waals surface area contributed by atoms with Crippen LogP contribution in [0.4, 0.5) is 0 Å². The van der Waals surface area contributed by atoms with Crippen LogP contribution in [0.25, 0.3) is 10.9 Å². The van der Waals surface area contributed by atoms with Crippen molar-refractivity contribution in [3.05, 3.63) is 27.5 Å². The smallest absolute Gasteiger partial charge is 0.0999 e. The monoisotopic (exact) mass is 269 g/mol. The molecule has 0 saturated carbocycles. The molecular weight excluding hydrogens is 265 g/mol. The summed E-state index contributed by atoms with van der Waals surface area (Å²) in [7, 11) is 0. The molecule has 0 aliphatic heterocycles. The number of nitrogens with zero attached hydrogens (tertiary/aromatic N) is 2. The number of benzene rings is 1. The molecule has 0 aliphatic carbocycles. The summed E-state index contributed by atoms with van der Waals surface area (Å²) in [6.45, 7) is 0. The Balaban J connectivity index is 2.91. The predicted molar refractivity (Wildman–Crippen MR) is 53.5 cm³/mol. The Kier molecular flexibility index (Phi) is 1.73. The molecule has 0 spiro atoms. The summed E-state index contributed by atoms with van der Waals surface area (Å²) in [6, 6.07) is 5.94. The van der Waals surface area contributed by atoms with E-state index >= 15 is 0 Å². The van der Waals surface area contributed by atoms with Crippen LogP contribution < -0.4 is 0 Å². The van der Waals surface area contributed by atoms with Crippen molar-refractivity contribution in [2.24, 2.45) is 0 Å². The topological polar surface area (TPSA) is 52.5 Å². The maximum absolute atomic E-state index is 8.78. The lowest BCUT2D eigenvalue weighted by Crippen LogP contribution is -1.78. The van der Waals surface area contributed by atoms with Crippen LogP contribution in [0.2, 0.25) is 0 Å². The molecule has 3 nitrogen and oxygen atoms in total. The molecular formula is C8H4IN3. The van der Waals surface area contributed by atoms with E-state index < -0.39 is 0 Å². The number of H-pyrrole nitrogens is 1. The summed E-state index contributed by atoms with van der Waals surface area (Å²) in [5.74, 6) is 0. The first-order valence-electron chi connectivity index (χ1n) is 3.34. The number of halogens is 1. The van der Waals surface area contributed by atoms with Crippen molar-refractivity contribution in [2.45, 2.75) is 0 Å². The van der Waals surface area contributed by atoms with Crippen LogP contribution in [-0.4, -0.2) is 10.2 Å².